The van der Waals surface area contributed by atoms with Crippen molar-refractivity contribution in [3.8, 4) is 29.1 Å². The van der Waals surface area contributed by atoms with Crippen LogP contribution in [0.5, 0.6) is 5.75 Å². The molecule has 358 valence electrons. The number of ether oxygens (including phenoxy) is 4. The summed E-state index contributed by atoms with van der Waals surface area (Å²) >= 11 is 2.95. The highest BCUT2D eigenvalue weighted by Crippen LogP contribution is 2.34. The normalized spacial score (nSPS) is 12.0. The number of thiazole rings is 2. The minimum absolute atomic E-state index is 0.0788. The Morgan fingerprint density at radius 2 is 1.73 bits per heavy atom. The number of nitrogens with zero attached hydrogens (tertiary/aromatic N) is 7. The van der Waals surface area contributed by atoms with Gasteiger partial charge >= 0.3 is 12.1 Å². The van der Waals surface area contributed by atoms with Gasteiger partial charge in [0.25, 0.3) is 0 Å². The molecule has 1 amide bonds. The van der Waals surface area contributed by atoms with Crippen molar-refractivity contribution in [3.63, 3.8) is 0 Å². The first kappa shape index (κ1) is 52.6. The predicted molar refractivity (Wildman–Crippen MR) is 273 cm³/mol. The molecule has 0 aliphatic heterocycles. The lowest BCUT2D eigenvalue weighted by molar-refractivity contribution is 0.0320. The first-order valence-corrected chi connectivity index (χ1v) is 31.2. The Morgan fingerprint density at radius 1 is 0.970 bits per heavy atom. The molecule has 0 N–H and O–H groups in total. The van der Waals surface area contributed by atoms with Gasteiger partial charge in [-0.05, 0) is 95.0 Å². The summed E-state index contributed by atoms with van der Waals surface area (Å²) in [7, 11) is 0.111. The van der Waals surface area contributed by atoms with Gasteiger partial charge in [-0.2, -0.15) is 4.99 Å². The molecule has 0 saturated heterocycles. The van der Waals surface area contributed by atoms with Gasteiger partial charge in [-0.25, -0.2) is 19.0 Å². The number of methoxy groups -OCH3 is 1. The maximum Gasteiger partial charge on any atom is 0.410 e. The molecular weight excluding hydrogens is 922 g/mol. The third-order valence-electron chi connectivity index (χ3n) is 9.66. The second-order valence-electron chi connectivity index (χ2n) is 19.3. The smallest absolute Gasteiger partial charge is 0.410 e. The van der Waals surface area contributed by atoms with E-state index in [1.165, 1.54) is 35.5 Å². The Kier molecular flexibility index (Phi) is 18.5. The molecule has 0 fully saturated rings. The molecular formula is C49H64FN7O6S2Si2. The number of hydrogen-bond donors (Lipinski definition) is 0. The second kappa shape index (κ2) is 23.6. The van der Waals surface area contributed by atoms with Gasteiger partial charge in [0.05, 0.1) is 30.5 Å². The van der Waals surface area contributed by atoms with E-state index < -0.39 is 39.6 Å². The Labute approximate surface area is 404 Å². The Balaban J connectivity index is 1.34. The fourth-order valence-corrected chi connectivity index (χ4v) is 9.74. The summed E-state index contributed by atoms with van der Waals surface area (Å²) in [5, 5.41) is 9.90. The molecule has 0 spiro atoms. The van der Waals surface area contributed by atoms with Crippen LogP contribution in [0, 0.1) is 36.0 Å². The maximum absolute atomic E-state index is 15.1. The topological polar surface area (TPSA) is 134 Å². The number of unbranched alkanes of at least 4 members (excludes halogenated alkanes) is 1. The summed E-state index contributed by atoms with van der Waals surface area (Å²) in [4.78, 5) is 40.0. The van der Waals surface area contributed by atoms with E-state index in [4.69, 9.17) is 34.0 Å². The van der Waals surface area contributed by atoms with Crippen molar-refractivity contribution in [2.75, 3.05) is 45.4 Å². The summed E-state index contributed by atoms with van der Waals surface area (Å²) in [6.07, 6.45) is 1.80. The number of aromatic nitrogens is 4. The fraction of sp³-hybridized carbons (Fsp3) is 0.469. The molecule has 5 rings (SSSR count). The number of halogens is 1. The standard InChI is InChI=1S/C49H64FN7O6S2Si2/c1-35-32-42(53-54-44(35)52-47-57(34-61-29-31-67(10,11)12)38-21-14-15-22-40(38)64-47)56(27-16-13-17-30-66(7,8)9)46-51-43(45(58)60-6)41(65-46)23-19-28-62-39-25-24-36(33-37(39)50)20-18-26-55(5)48(59)63-49(2,3)4/h14-15,21-22,24-25,32-33H,13,16,19,23,26-29,31,34H2,1-12H3/b52-47-. The lowest BCUT2D eigenvalue weighted by Gasteiger charge is -2.23. The average molecular weight is 986 g/mol. The molecule has 0 bridgehead atoms. The number of fused-ring (bicyclic) bond motifs is 1. The highest BCUT2D eigenvalue weighted by Gasteiger charge is 2.25. The van der Waals surface area contributed by atoms with Crippen LogP contribution in [-0.2, 0) is 27.4 Å². The first-order valence-electron chi connectivity index (χ1n) is 22.4. The molecule has 0 saturated carbocycles. The number of amides is 1. The number of para-hydroxylation sites is 1. The fourth-order valence-electron chi connectivity index (χ4n) is 6.18. The molecule has 3 aromatic heterocycles. The van der Waals surface area contributed by atoms with Gasteiger partial charge in [0.1, 0.15) is 20.4 Å². The largest absolute Gasteiger partial charge is 0.491 e. The number of benzene rings is 2. The summed E-state index contributed by atoms with van der Waals surface area (Å²) in [5.41, 5.74) is 5.33. The number of hydrogen-bond acceptors (Lipinski definition) is 13. The van der Waals surface area contributed by atoms with Gasteiger partial charge in [-0.15, -0.1) is 33.0 Å². The second-order valence-corrected chi connectivity index (χ2v) is 31.7. The minimum Gasteiger partial charge on any atom is -0.491 e. The summed E-state index contributed by atoms with van der Waals surface area (Å²) < 4.78 is 40.8. The van der Waals surface area contributed by atoms with Crippen molar-refractivity contribution in [2.24, 2.45) is 4.99 Å². The zero-order valence-electron chi connectivity index (χ0n) is 41.0. The van der Waals surface area contributed by atoms with Crippen molar-refractivity contribution >= 4 is 77.9 Å². The van der Waals surface area contributed by atoms with E-state index in [2.05, 4.69) is 84.4 Å². The van der Waals surface area contributed by atoms with Gasteiger partial charge < -0.3 is 28.7 Å². The van der Waals surface area contributed by atoms with Gasteiger partial charge in [0, 0.05) is 45.1 Å². The van der Waals surface area contributed by atoms with Crippen LogP contribution < -0.4 is 14.4 Å². The summed E-state index contributed by atoms with van der Waals surface area (Å²) in [5.74, 6) is 9.14. The summed E-state index contributed by atoms with van der Waals surface area (Å²) in [6.45, 7) is 22.9. The van der Waals surface area contributed by atoms with Gasteiger partial charge in [-0.1, -0.05) is 74.6 Å². The van der Waals surface area contributed by atoms with Crippen LogP contribution in [0.4, 0.5) is 26.0 Å². The Morgan fingerprint density at radius 3 is 2.42 bits per heavy atom. The number of esters is 1. The van der Waals surface area contributed by atoms with Gasteiger partial charge in [0.15, 0.2) is 38.8 Å². The molecule has 67 heavy (non-hydrogen) atoms. The highest BCUT2D eigenvalue weighted by molar-refractivity contribution is 7.16. The van der Waals surface area contributed by atoms with Crippen LogP contribution in [0.3, 0.4) is 0 Å². The van der Waals surface area contributed by atoms with E-state index in [1.807, 2.05) is 30.0 Å². The first-order chi connectivity index (χ1) is 31.6. The zero-order valence-corrected chi connectivity index (χ0v) is 44.6. The molecule has 0 aliphatic rings. The molecule has 13 nitrogen and oxygen atoms in total. The lowest BCUT2D eigenvalue weighted by atomic mass is 10.2. The number of aryl methyl sites for hydroxylation is 2. The van der Waals surface area contributed by atoms with E-state index in [0.717, 1.165) is 33.0 Å². The van der Waals surface area contributed by atoms with Crippen LogP contribution in [-0.4, -0.2) is 98.9 Å². The van der Waals surface area contributed by atoms with E-state index in [0.29, 0.717) is 66.4 Å². The van der Waals surface area contributed by atoms with Crippen molar-refractivity contribution in [3.05, 3.63) is 80.8 Å². The molecule has 2 aromatic carbocycles. The number of anilines is 2. The molecule has 18 heteroatoms. The molecule has 0 atom stereocenters. The number of carbonyl (C=O) groups is 2. The van der Waals surface area contributed by atoms with Crippen LogP contribution in [0.15, 0.2) is 53.5 Å². The number of rotatable bonds is 18. The monoisotopic (exact) mass is 985 g/mol. The molecule has 0 aliphatic carbocycles. The van der Waals surface area contributed by atoms with Crippen LogP contribution >= 0.6 is 22.7 Å². The van der Waals surface area contributed by atoms with E-state index in [-0.39, 0.29) is 24.6 Å². The van der Waals surface area contributed by atoms with E-state index >= 15 is 4.39 Å². The van der Waals surface area contributed by atoms with Crippen LogP contribution in [0.25, 0.3) is 10.2 Å². The summed E-state index contributed by atoms with van der Waals surface area (Å²) in [6, 6.07) is 15.7. The van der Waals surface area contributed by atoms with Crippen molar-refractivity contribution < 1.29 is 32.9 Å². The van der Waals surface area contributed by atoms with Crippen molar-refractivity contribution in [2.45, 2.75) is 111 Å². The van der Waals surface area contributed by atoms with Gasteiger partial charge in [0.2, 0.25) is 0 Å². The van der Waals surface area contributed by atoms with Crippen LogP contribution in [0.2, 0.25) is 45.3 Å². The molecule has 5 aromatic rings. The molecule has 3 heterocycles. The predicted octanol–water partition coefficient (Wildman–Crippen LogP) is 10.8. The van der Waals surface area contributed by atoms with Crippen molar-refractivity contribution in [1.82, 2.24) is 24.6 Å². The minimum atomic E-state index is -1.55. The SMILES string of the molecule is COC(=O)c1nc(N(CCCC#C[Si](C)(C)C)c2cc(C)c(/N=c3\sc4ccccc4n3COCC[Si](C)(C)C)nn2)sc1CCCOc1ccc(C#CCN(C)C(=O)OC(C)(C)C)cc1F. The van der Waals surface area contributed by atoms with Gasteiger partial charge in [-0.3, -0.25) is 4.57 Å². The van der Waals surface area contributed by atoms with E-state index in [1.54, 1.807) is 45.2 Å². The zero-order chi connectivity index (χ0) is 48.9. The third-order valence-corrected chi connectivity index (χ3v) is 14.5. The average Bonchev–Trinajstić information content (AvgIpc) is 3.83. The number of carbonyl (C=O) groups excluding carboxylic acids is 2. The Hall–Kier alpha value is -5.38. The molecule has 0 radical (unpaired) electrons. The third kappa shape index (κ3) is 16.4. The molecule has 0 unspecified atom stereocenters. The lowest BCUT2D eigenvalue weighted by Crippen LogP contribution is -2.34. The maximum atomic E-state index is 15.1. The Bertz CT molecular complexity index is 2710. The highest BCUT2D eigenvalue weighted by atomic mass is 32.1. The quantitative estimate of drug-likeness (QED) is 0.0362. The van der Waals surface area contributed by atoms with Crippen LogP contribution in [0.1, 0.15) is 66.5 Å². The van der Waals surface area contributed by atoms with E-state index in [9.17, 15) is 9.59 Å². The van der Waals surface area contributed by atoms with Crippen molar-refractivity contribution in [1.29, 1.82) is 0 Å².